The molecule has 0 aliphatic heterocycles. The Bertz CT molecular complexity index is 336. The van der Waals surface area contributed by atoms with Crippen LogP contribution in [-0.4, -0.2) is 64.6 Å². The van der Waals surface area contributed by atoms with Gasteiger partial charge in [-0.15, -0.1) is 0 Å². The van der Waals surface area contributed by atoms with Gasteiger partial charge in [0, 0.05) is 6.61 Å². The molecule has 0 amide bonds. The minimum atomic E-state index is 0.0559. The van der Waals surface area contributed by atoms with Crippen molar-refractivity contribution in [2.24, 2.45) is 0 Å². The Morgan fingerprint density at radius 1 is 0.452 bits per heavy atom. The molecule has 0 aromatic rings. The molecule has 0 rings (SSSR count). The molecule has 0 heterocycles. The third-order valence-electron chi connectivity index (χ3n) is 5.15. The zero-order valence-corrected chi connectivity index (χ0v) is 20.5. The molecule has 1 N–H and O–H groups in total. The predicted octanol–water partition coefficient (Wildman–Crippen LogP) is 6.08. The molecule has 31 heavy (non-hydrogen) atoms. The van der Waals surface area contributed by atoms with Gasteiger partial charge in [0.05, 0.1) is 52.9 Å². The van der Waals surface area contributed by atoms with Crippen LogP contribution in [0.3, 0.4) is 0 Å². The zero-order chi connectivity index (χ0) is 22.5. The standard InChI is InChI=1S/C26H52O5/c1-2-3-4-5-6-7-8-9-10-11-12-13-14-15-16-17-19-28-21-23-30-25-26-31-24-22-29-20-18-27/h9-10,27H,2-8,11-26H2,1H3. The van der Waals surface area contributed by atoms with Crippen molar-refractivity contribution < 1.29 is 24.1 Å². The van der Waals surface area contributed by atoms with Crippen molar-refractivity contribution in [2.75, 3.05) is 59.5 Å². The molecule has 0 saturated heterocycles. The van der Waals surface area contributed by atoms with Gasteiger partial charge in [0.15, 0.2) is 0 Å². The fraction of sp³-hybridized carbons (Fsp3) is 0.923. The van der Waals surface area contributed by atoms with E-state index in [0.29, 0.717) is 46.2 Å². The molecular formula is C26H52O5. The first-order valence-electron chi connectivity index (χ1n) is 13.0. The van der Waals surface area contributed by atoms with Crippen molar-refractivity contribution in [1.82, 2.24) is 0 Å². The molecule has 5 nitrogen and oxygen atoms in total. The summed E-state index contributed by atoms with van der Waals surface area (Å²) in [4.78, 5) is 0. The van der Waals surface area contributed by atoms with E-state index >= 15 is 0 Å². The number of allylic oxidation sites excluding steroid dienone is 2. The number of aliphatic hydroxyl groups is 1. The lowest BCUT2D eigenvalue weighted by Gasteiger charge is -2.07. The van der Waals surface area contributed by atoms with E-state index in [1.807, 2.05) is 0 Å². The summed E-state index contributed by atoms with van der Waals surface area (Å²) in [5, 5.41) is 8.56. The Balaban J connectivity index is 3.04. The van der Waals surface area contributed by atoms with Crippen molar-refractivity contribution in [2.45, 2.75) is 96.8 Å². The molecule has 0 saturated carbocycles. The lowest BCUT2D eigenvalue weighted by atomic mass is 10.1. The molecule has 186 valence electrons. The van der Waals surface area contributed by atoms with Crippen LogP contribution in [0.5, 0.6) is 0 Å². The van der Waals surface area contributed by atoms with E-state index in [2.05, 4.69) is 19.1 Å². The first kappa shape index (κ1) is 30.5. The number of hydrogen-bond donors (Lipinski definition) is 1. The van der Waals surface area contributed by atoms with Gasteiger partial charge in [-0.25, -0.2) is 0 Å². The van der Waals surface area contributed by atoms with Crippen LogP contribution < -0.4 is 0 Å². The molecule has 0 unspecified atom stereocenters. The summed E-state index contributed by atoms with van der Waals surface area (Å²) in [5.41, 5.74) is 0. The van der Waals surface area contributed by atoms with Gasteiger partial charge in [0.1, 0.15) is 0 Å². The van der Waals surface area contributed by atoms with Gasteiger partial charge in [-0.3, -0.25) is 0 Å². The van der Waals surface area contributed by atoms with E-state index in [1.54, 1.807) is 0 Å². The molecule has 0 spiro atoms. The Morgan fingerprint density at radius 2 is 0.839 bits per heavy atom. The normalized spacial score (nSPS) is 11.7. The van der Waals surface area contributed by atoms with Crippen molar-refractivity contribution in [1.29, 1.82) is 0 Å². The molecule has 0 aromatic carbocycles. The van der Waals surface area contributed by atoms with Crippen molar-refractivity contribution >= 4 is 0 Å². The second-order valence-electron chi connectivity index (χ2n) is 8.11. The first-order chi connectivity index (χ1) is 15.4. The van der Waals surface area contributed by atoms with Crippen LogP contribution in [0.4, 0.5) is 0 Å². The topological polar surface area (TPSA) is 57.2 Å². The van der Waals surface area contributed by atoms with Gasteiger partial charge in [-0.05, 0) is 32.1 Å². The summed E-state index contributed by atoms with van der Waals surface area (Å²) in [6, 6.07) is 0. The molecule has 0 radical (unpaired) electrons. The number of hydrogen-bond acceptors (Lipinski definition) is 5. The smallest absolute Gasteiger partial charge is 0.0701 e. The summed E-state index contributed by atoms with van der Waals surface area (Å²) in [6.07, 6.45) is 23.4. The van der Waals surface area contributed by atoms with Gasteiger partial charge in [0.2, 0.25) is 0 Å². The van der Waals surface area contributed by atoms with Crippen LogP contribution in [0, 0.1) is 0 Å². The predicted molar refractivity (Wildman–Crippen MR) is 130 cm³/mol. The van der Waals surface area contributed by atoms with Gasteiger partial charge in [0.25, 0.3) is 0 Å². The largest absolute Gasteiger partial charge is 0.394 e. The molecule has 0 bridgehead atoms. The van der Waals surface area contributed by atoms with Crippen molar-refractivity contribution in [3.05, 3.63) is 12.2 Å². The molecule has 5 heteroatoms. The van der Waals surface area contributed by atoms with Crippen LogP contribution in [0.25, 0.3) is 0 Å². The van der Waals surface area contributed by atoms with Crippen LogP contribution in [0.2, 0.25) is 0 Å². The quantitative estimate of drug-likeness (QED) is 0.123. The van der Waals surface area contributed by atoms with E-state index in [9.17, 15) is 0 Å². The highest BCUT2D eigenvalue weighted by Gasteiger charge is 1.94. The average molecular weight is 445 g/mol. The van der Waals surface area contributed by atoms with Crippen molar-refractivity contribution in [3.63, 3.8) is 0 Å². The molecule has 0 fully saturated rings. The maximum Gasteiger partial charge on any atom is 0.0701 e. The summed E-state index contributed by atoms with van der Waals surface area (Å²) in [6.45, 7) is 7.02. The minimum Gasteiger partial charge on any atom is -0.394 e. The third kappa shape index (κ3) is 29.5. The fourth-order valence-electron chi connectivity index (χ4n) is 3.28. The Kier molecular flexibility index (Phi) is 29.1. The average Bonchev–Trinajstić information content (AvgIpc) is 2.78. The molecule has 0 aliphatic rings. The first-order valence-corrected chi connectivity index (χ1v) is 13.0. The lowest BCUT2D eigenvalue weighted by molar-refractivity contribution is -0.00577. The summed E-state index contributed by atoms with van der Waals surface area (Å²) >= 11 is 0. The van der Waals surface area contributed by atoms with Gasteiger partial charge < -0.3 is 24.1 Å². The Hall–Kier alpha value is -0.460. The van der Waals surface area contributed by atoms with E-state index < -0.39 is 0 Å². The van der Waals surface area contributed by atoms with Crippen molar-refractivity contribution in [3.8, 4) is 0 Å². The number of ether oxygens (including phenoxy) is 4. The minimum absolute atomic E-state index is 0.0559. The lowest BCUT2D eigenvalue weighted by Crippen LogP contribution is -2.12. The van der Waals surface area contributed by atoms with Crippen LogP contribution in [0.15, 0.2) is 12.2 Å². The highest BCUT2D eigenvalue weighted by molar-refractivity contribution is 4.81. The Labute approximate surface area is 192 Å². The summed E-state index contributed by atoms with van der Waals surface area (Å²) in [5.74, 6) is 0. The highest BCUT2D eigenvalue weighted by atomic mass is 16.6. The fourth-order valence-corrected chi connectivity index (χ4v) is 3.28. The summed E-state index contributed by atoms with van der Waals surface area (Å²) in [7, 11) is 0. The maximum atomic E-state index is 8.56. The molecule has 0 aliphatic carbocycles. The second-order valence-corrected chi connectivity index (χ2v) is 8.11. The van der Waals surface area contributed by atoms with E-state index in [0.717, 1.165) is 13.0 Å². The second kappa shape index (κ2) is 29.5. The van der Waals surface area contributed by atoms with Crippen LogP contribution in [-0.2, 0) is 18.9 Å². The Morgan fingerprint density at radius 3 is 1.32 bits per heavy atom. The highest BCUT2D eigenvalue weighted by Crippen LogP contribution is 2.10. The van der Waals surface area contributed by atoms with Gasteiger partial charge in [-0.1, -0.05) is 76.9 Å². The number of rotatable bonds is 27. The number of aliphatic hydroxyl groups excluding tert-OH is 1. The van der Waals surface area contributed by atoms with Gasteiger partial charge >= 0.3 is 0 Å². The molecular weight excluding hydrogens is 392 g/mol. The number of unbranched alkanes of at least 4 members (excludes halogenated alkanes) is 12. The SMILES string of the molecule is CCCCCCCCC=CCCCCCCCCOCCOCCOCCOCCO. The summed E-state index contributed by atoms with van der Waals surface area (Å²) < 4.78 is 21.5. The molecule has 0 atom stereocenters. The van der Waals surface area contributed by atoms with Crippen LogP contribution >= 0.6 is 0 Å². The van der Waals surface area contributed by atoms with Crippen LogP contribution in [0.1, 0.15) is 96.8 Å². The zero-order valence-electron chi connectivity index (χ0n) is 20.5. The van der Waals surface area contributed by atoms with E-state index in [1.165, 1.54) is 83.5 Å². The van der Waals surface area contributed by atoms with Gasteiger partial charge in [-0.2, -0.15) is 0 Å². The molecule has 0 aromatic heterocycles. The monoisotopic (exact) mass is 444 g/mol. The maximum absolute atomic E-state index is 8.56. The van der Waals surface area contributed by atoms with E-state index in [4.69, 9.17) is 24.1 Å². The van der Waals surface area contributed by atoms with E-state index in [-0.39, 0.29) is 6.61 Å². The third-order valence-corrected chi connectivity index (χ3v) is 5.15.